The van der Waals surface area contributed by atoms with Gasteiger partial charge in [-0.15, -0.1) is 11.6 Å². The summed E-state index contributed by atoms with van der Waals surface area (Å²) in [5.41, 5.74) is 3.43. The molecule has 0 unspecified atom stereocenters. The fourth-order valence-electron chi connectivity index (χ4n) is 2.55. The molecule has 2 aromatic heterocycles. The third kappa shape index (κ3) is 2.20. The quantitative estimate of drug-likeness (QED) is 0.692. The Balaban J connectivity index is 2.15. The minimum Gasteiger partial charge on any atom is -0.337 e. The van der Waals surface area contributed by atoms with Crippen molar-refractivity contribution in [3.05, 3.63) is 47.8 Å². The summed E-state index contributed by atoms with van der Waals surface area (Å²) in [7, 11) is 2.01. The molecule has 3 rings (SSSR count). The SMILES string of the molecule is Cc1cccc2nc(CCCl)n(Cc3nccn3C)c12. The van der Waals surface area contributed by atoms with Gasteiger partial charge < -0.3 is 9.13 Å². The predicted molar refractivity (Wildman–Crippen MR) is 81.2 cm³/mol. The van der Waals surface area contributed by atoms with Gasteiger partial charge in [-0.2, -0.15) is 0 Å². The Hall–Kier alpha value is -1.81. The number of alkyl halides is 1. The van der Waals surface area contributed by atoms with Crippen molar-refractivity contribution in [1.29, 1.82) is 0 Å². The van der Waals surface area contributed by atoms with Gasteiger partial charge in [0.2, 0.25) is 0 Å². The maximum atomic E-state index is 5.91. The number of rotatable bonds is 4. The van der Waals surface area contributed by atoms with E-state index in [4.69, 9.17) is 16.6 Å². The monoisotopic (exact) mass is 288 g/mol. The molecule has 2 heterocycles. The second-order valence-electron chi connectivity index (χ2n) is 4.95. The lowest BCUT2D eigenvalue weighted by molar-refractivity contribution is 0.681. The van der Waals surface area contributed by atoms with Crippen LogP contribution in [0, 0.1) is 6.92 Å². The summed E-state index contributed by atoms with van der Waals surface area (Å²) >= 11 is 5.91. The normalized spacial score (nSPS) is 11.3. The summed E-state index contributed by atoms with van der Waals surface area (Å²) in [4.78, 5) is 9.12. The van der Waals surface area contributed by atoms with Crippen LogP contribution in [-0.4, -0.2) is 25.0 Å². The van der Waals surface area contributed by atoms with E-state index in [1.165, 1.54) is 11.1 Å². The molecule has 0 fully saturated rings. The van der Waals surface area contributed by atoms with Gasteiger partial charge in [-0.3, -0.25) is 0 Å². The molecule has 0 aliphatic carbocycles. The van der Waals surface area contributed by atoms with Gasteiger partial charge in [0, 0.05) is 31.7 Å². The van der Waals surface area contributed by atoms with Crippen molar-refractivity contribution in [2.75, 3.05) is 5.88 Å². The molecule has 20 heavy (non-hydrogen) atoms. The van der Waals surface area contributed by atoms with Crippen LogP contribution in [0.1, 0.15) is 17.2 Å². The number of fused-ring (bicyclic) bond motifs is 1. The number of hydrogen-bond donors (Lipinski definition) is 0. The van der Waals surface area contributed by atoms with E-state index in [-0.39, 0.29) is 0 Å². The number of nitrogens with zero attached hydrogens (tertiary/aromatic N) is 4. The number of para-hydroxylation sites is 1. The van der Waals surface area contributed by atoms with Crippen molar-refractivity contribution in [1.82, 2.24) is 19.1 Å². The van der Waals surface area contributed by atoms with Crippen molar-refractivity contribution in [2.24, 2.45) is 7.05 Å². The molecule has 0 radical (unpaired) electrons. The third-order valence-electron chi connectivity index (χ3n) is 3.59. The van der Waals surface area contributed by atoms with E-state index in [0.717, 1.165) is 30.1 Å². The van der Waals surface area contributed by atoms with E-state index in [1.807, 2.05) is 30.1 Å². The molecule has 0 saturated heterocycles. The number of halogens is 1. The molecule has 1 aromatic carbocycles. The van der Waals surface area contributed by atoms with Gasteiger partial charge in [-0.25, -0.2) is 9.97 Å². The van der Waals surface area contributed by atoms with E-state index >= 15 is 0 Å². The summed E-state index contributed by atoms with van der Waals surface area (Å²) in [6, 6.07) is 6.21. The van der Waals surface area contributed by atoms with Gasteiger partial charge in [-0.05, 0) is 18.6 Å². The Labute approximate surface area is 123 Å². The van der Waals surface area contributed by atoms with Gasteiger partial charge in [0.1, 0.15) is 11.6 Å². The highest BCUT2D eigenvalue weighted by Gasteiger charge is 2.13. The van der Waals surface area contributed by atoms with E-state index in [2.05, 4.69) is 28.6 Å². The van der Waals surface area contributed by atoms with Crippen LogP contribution in [0.25, 0.3) is 11.0 Å². The number of benzene rings is 1. The van der Waals surface area contributed by atoms with Crippen molar-refractivity contribution in [3.63, 3.8) is 0 Å². The molecular formula is C15H17ClN4. The minimum atomic E-state index is 0.572. The zero-order valence-corrected chi connectivity index (χ0v) is 12.4. The summed E-state index contributed by atoms with van der Waals surface area (Å²) in [6.45, 7) is 2.83. The van der Waals surface area contributed by atoms with Crippen LogP contribution in [0.3, 0.4) is 0 Å². The third-order valence-corrected chi connectivity index (χ3v) is 3.78. The molecule has 0 amide bonds. The maximum absolute atomic E-state index is 5.91. The average Bonchev–Trinajstić information content (AvgIpc) is 2.97. The van der Waals surface area contributed by atoms with Crippen LogP contribution in [0.15, 0.2) is 30.6 Å². The van der Waals surface area contributed by atoms with Crippen LogP contribution in [0.4, 0.5) is 0 Å². The standard InChI is InChI=1S/C15H17ClN4/c1-11-4-3-5-12-15(11)20(13(18-12)6-7-16)10-14-17-8-9-19(14)2/h3-5,8-9H,6-7,10H2,1-2H3. The first-order chi connectivity index (χ1) is 9.70. The Morgan fingerprint density at radius 2 is 2.10 bits per heavy atom. The number of aromatic nitrogens is 4. The topological polar surface area (TPSA) is 35.6 Å². The Bertz CT molecular complexity index is 741. The molecule has 0 aliphatic rings. The Morgan fingerprint density at radius 3 is 2.80 bits per heavy atom. The summed E-state index contributed by atoms with van der Waals surface area (Å²) < 4.78 is 4.27. The molecule has 4 nitrogen and oxygen atoms in total. The first-order valence-electron chi connectivity index (χ1n) is 6.67. The fraction of sp³-hybridized carbons (Fsp3) is 0.333. The van der Waals surface area contributed by atoms with E-state index in [0.29, 0.717) is 5.88 Å². The fourth-order valence-corrected chi connectivity index (χ4v) is 2.72. The number of imidazole rings is 2. The zero-order valence-electron chi connectivity index (χ0n) is 11.7. The molecule has 0 N–H and O–H groups in total. The van der Waals surface area contributed by atoms with Crippen LogP contribution in [0.2, 0.25) is 0 Å². The van der Waals surface area contributed by atoms with Crippen molar-refractivity contribution < 1.29 is 0 Å². The Morgan fingerprint density at radius 1 is 1.25 bits per heavy atom. The highest BCUT2D eigenvalue weighted by molar-refractivity contribution is 6.17. The second-order valence-corrected chi connectivity index (χ2v) is 5.33. The van der Waals surface area contributed by atoms with Crippen LogP contribution < -0.4 is 0 Å². The molecule has 0 aliphatic heterocycles. The summed E-state index contributed by atoms with van der Waals surface area (Å²) in [5.74, 6) is 2.61. The summed E-state index contributed by atoms with van der Waals surface area (Å²) in [6.07, 6.45) is 4.55. The zero-order chi connectivity index (χ0) is 14.1. The van der Waals surface area contributed by atoms with E-state index in [9.17, 15) is 0 Å². The van der Waals surface area contributed by atoms with Gasteiger partial charge in [0.25, 0.3) is 0 Å². The lowest BCUT2D eigenvalue weighted by Crippen LogP contribution is -2.10. The van der Waals surface area contributed by atoms with Crippen molar-refractivity contribution in [2.45, 2.75) is 19.9 Å². The molecule has 0 atom stereocenters. The minimum absolute atomic E-state index is 0.572. The molecular weight excluding hydrogens is 272 g/mol. The Kier molecular flexibility index (Phi) is 3.49. The van der Waals surface area contributed by atoms with Crippen molar-refractivity contribution in [3.8, 4) is 0 Å². The first-order valence-corrected chi connectivity index (χ1v) is 7.21. The molecule has 0 saturated carbocycles. The van der Waals surface area contributed by atoms with E-state index in [1.54, 1.807) is 0 Å². The van der Waals surface area contributed by atoms with Gasteiger partial charge in [-0.1, -0.05) is 12.1 Å². The largest absolute Gasteiger partial charge is 0.337 e. The second kappa shape index (κ2) is 5.29. The first kappa shape index (κ1) is 13.2. The van der Waals surface area contributed by atoms with Gasteiger partial charge >= 0.3 is 0 Å². The molecule has 104 valence electrons. The lowest BCUT2D eigenvalue weighted by Gasteiger charge is -2.10. The summed E-state index contributed by atoms with van der Waals surface area (Å²) in [5, 5.41) is 0. The molecule has 5 heteroatoms. The average molecular weight is 289 g/mol. The van der Waals surface area contributed by atoms with Gasteiger partial charge in [0.15, 0.2) is 0 Å². The molecule has 3 aromatic rings. The van der Waals surface area contributed by atoms with E-state index < -0.39 is 0 Å². The van der Waals surface area contributed by atoms with Crippen molar-refractivity contribution >= 4 is 22.6 Å². The van der Waals surface area contributed by atoms with Crippen LogP contribution in [0.5, 0.6) is 0 Å². The van der Waals surface area contributed by atoms with Crippen LogP contribution >= 0.6 is 11.6 Å². The maximum Gasteiger partial charge on any atom is 0.128 e. The molecule has 0 bridgehead atoms. The molecule has 0 spiro atoms. The smallest absolute Gasteiger partial charge is 0.128 e. The highest BCUT2D eigenvalue weighted by Crippen LogP contribution is 2.21. The van der Waals surface area contributed by atoms with Crippen LogP contribution in [-0.2, 0) is 20.0 Å². The van der Waals surface area contributed by atoms with Gasteiger partial charge in [0.05, 0.1) is 17.6 Å². The number of aryl methyl sites for hydroxylation is 3. The number of hydrogen-bond acceptors (Lipinski definition) is 2. The predicted octanol–water partition coefficient (Wildman–Crippen LogP) is 2.91. The lowest BCUT2D eigenvalue weighted by atomic mass is 10.2. The highest BCUT2D eigenvalue weighted by atomic mass is 35.5.